The van der Waals surface area contributed by atoms with Crippen LogP contribution in [0.1, 0.15) is 25.7 Å². The molecule has 0 aromatic carbocycles. The van der Waals surface area contributed by atoms with Gasteiger partial charge in [-0.1, -0.05) is 12.8 Å². The lowest BCUT2D eigenvalue weighted by atomic mass is 10.1. The molecule has 3 nitrogen and oxygen atoms in total. The smallest absolute Gasteiger partial charge is 0.315 e. The highest BCUT2D eigenvalue weighted by molar-refractivity contribution is 8.00. The first kappa shape index (κ1) is 10.9. The second-order valence-electron chi connectivity index (χ2n) is 3.50. The Kier molecular flexibility index (Phi) is 4.06. The number of rotatable bonds is 4. The molecule has 0 atom stereocenters. The maximum Gasteiger partial charge on any atom is 0.315 e. The van der Waals surface area contributed by atoms with Crippen LogP contribution in [0.15, 0.2) is 0 Å². The van der Waals surface area contributed by atoms with E-state index < -0.39 is 5.60 Å². The Morgan fingerprint density at radius 1 is 1.54 bits per heavy atom. The zero-order valence-electron chi connectivity index (χ0n) is 7.91. The van der Waals surface area contributed by atoms with E-state index in [0.29, 0.717) is 11.5 Å². The first-order valence-electron chi connectivity index (χ1n) is 4.53. The van der Waals surface area contributed by atoms with Crippen molar-refractivity contribution in [3.05, 3.63) is 0 Å². The van der Waals surface area contributed by atoms with Crippen molar-refractivity contribution in [3.8, 4) is 0 Å². The van der Waals surface area contributed by atoms with E-state index in [1.165, 1.54) is 18.9 Å². The molecule has 1 fully saturated rings. The lowest BCUT2D eigenvalue weighted by Crippen LogP contribution is -2.27. The lowest BCUT2D eigenvalue weighted by molar-refractivity contribution is -0.137. The van der Waals surface area contributed by atoms with Crippen LogP contribution in [0.2, 0.25) is 0 Å². The molecule has 1 aliphatic carbocycles. The molecular formula is C9H16O3S. The van der Waals surface area contributed by atoms with Crippen molar-refractivity contribution in [1.29, 1.82) is 0 Å². The Morgan fingerprint density at radius 2 is 2.15 bits per heavy atom. The second kappa shape index (κ2) is 4.86. The number of aliphatic hydroxyl groups is 1. The summed E-state index contributed by atoms with van der Waals surface area (Å²) in [6, 6.07) is 0. The summed E-state index contributed by atoms with van der Waals surface area (Å²) in [7, 11) is 1.38. The summed E-state index contributed by atoms with van der Waals surface area (Å²) < 4.78 is 4.51. The maximum absolute atomic E-state index is 10.8. The molecule has 0 spiro atoms. The number of carbonyl (C=O) groups excluding carboxylic acids is 1. The SMILES string of the molecule is COC(=O)CSCC1(O)CCCC1. The predicted molar refractivity (Wildman–Crippen MR) is 52.8 cm³/mol. The highest BCUT2D eigenvalue weighted by atomic mass is 32.2. The van der Waals surface area contributed by atoms with E-state index >= 15 is 0 Å². The molecule has 0 heterocycles. The van der Waals surface area contributed by atoms with Gasteiger partial charge in [0.25, 0.3) is 0 Å². The van der Waals surface area contributed by atoms with E-state index in [-0.39, 0.29) is 5.97 Å². The second-order valence-corrected chi connectivity index (χ2v) is 4.49. The minimum Gasteiger partial charge on any atom is -0.468 e. The normalized spacial score (nSPS) is 20.2. The molecule has 0 aromatic heterocycles. The van der Waals surface area contributed by atoms with Crippen LogP contribution in [0.25, 0.3) is 0 Å². The fraction of sp³-hybridized carbons (Fsp3) is 0.889. The van der Waals surface area contributed by atoms with Gasteiger partial charge in [0.1, 0.15) is 0 Å². The molecule has 0 saturated heterocycles. The summed E-state index contributed by atoms with van der Waals surface area (Å²) in [5, 5.41) is 9.90. The molecule has 1 rings (SSSR count). The van der Waals surface area contributed by atoms with Crippen LogP contribution >= 0.6 is 11.8 Å². The highest BCUT2D eigenvalue weighted by Crippen LogP contribution is 2.32. The summed E-state index contributed by atoms with van der Waals surface area (Å²) >= 11 is 1.46. The third-order valence-electron chi connectivity index (χ3n) is 2.35. The number of methoxy groups -OCH3 is 1. The summed E-state index contributed by atoms with van der Waals surface area (Å²) in [5.74, 6) is 0.785. The summed E-state index contributed by atoms with van der Waals surface area (Å²) in [6.45, 7) is 0. The Balaban J connectivity index is 2.14. The molecule has 4 heteroatoms. The monoisotopic (exact) mass is 204 g/mol. The number of carbonyl (C=O) groups is 1. The van der Waals surface area contributed by atoms with E-state index in [4.69, 9.17) is 0 Å². The third kappa shape index (κ3) is 3.56. The third-order valence-corrected chi connectivity index (χ3v) is 3.53. The predicted octanol–water partition coefficient (Wildman–Crippen LogP) is 1.20. The van der Waals surface area contributed by atoms with Crippen LogP contribution in [0, 0.1) is 0 Å². The first-order chi connectivity index (χ1) is 6.16. The van der Waals surface area contributed by atoms with Crippen molar-refractivity contribution in [1.82, 2.24) is 0 Å². The fourth-order valence-corrected chi connectivity index (χ4v) is 2.62. The molecule has 13 heavy (non-hydrogen) atoms. The van der Waals surface area contributed by atoms with Crippen molar-refractivity contribution < 1.29 is 14.6 Å². The van der Waals surface area contributed by atoms with Crippen LogP contribution < -0.4 is 0 Å². The number of thioether (sulfide) groups is 1. The van der Waals surface area contributed by atoms with Crippen LogP contribution in [-0.2, 0) is 9.53 Å². The average molecular weight is 204 g/mol. The Morgan fingerprint density at radius 3 is 2.69 bits per heavy atom. The molecule has 0 radical (unpaired) electrons. The van der Waals surface area contributed by atoms with E-state index in [1.54, 1.807) is 0 Å². The first-order valence-corrected chi connectivity index (χ1v) is 5.69. The van der Waals surface area contributed by atoms with Gasteiger partial charge in [0.2, 0.25) is 0 Å². The van der Waals surface area contributed by atoms with Crippen LogP contribution in [0.5, 0.6) is 0 Å². The Labute approximate surface area is 82.8 Å². The van der Waals surface area contributed by atoms with Gasteiger partial charge in [-0.2, -0.15) is 0 Å². The van der Waals surface area contributed by atoms with E-state index in [1.807, 2.05) is 0 Å². The van der Waals surface area contributed by atoms with Gasteiger partial charge in [-0.05, 0) is 12.8 Å². The Hall–Kier alpha value is -0.220. The topological polar surface area (TPSA) is 46.5 Å². The number of hydrogen-bond acceptors (Lipinski definition) is 4. The summed E-state index contributed by atoms with van der Waals surface area (Å²) in [4.78, 5) is 10.8. The number of ether oxygens (including phenoxy) is 1. The molecule has 1 N–H and O–H groups in total. The quantitative estimate of drug-likeness (QED) is 0.699. The highest BCUT2D eigenvalue weighted by Gasteiger charge is 2.30. The zero-order valence-corrected chi connectivity index (χ0v) is 8.73. The fourth-order valence-electron chi connectivity index (χ4n) is 1.56. The van der Waals surface area contributed by atoms with Gasteiger partial charge in [-0.25, -0.2) is 0 Å². The molecule has 0 amide bonds. The minimum absolute atomic E-state index is 0.216. The van der Waals surface area contributed by atoms with E-state index in [9.17, 15) is 9.90 Å². The summed E-state index contributed by atoms with van der Waals surface area (Å²) in [6.07, 6.45) is 3.97. The van der Waals surface area contributed by atoms with Crippen LogP contribution in [-0.4, -0.2) is 35.3 Å². The van der Waals surface area contributed by atoms with Crippen molar-refractivity contribution in [3.63, 3.8) is 0 Å². The number of hydrogen-bond donors (Lipinski definition) is 1. The van der Waals surface area contributed by atoms with Crippen molar-refractivity contribution in [2.45, 2.75) is 31.3 Å². The van der Waals surface area contributed by atoms with Gasteiger partial charge in [0, 0.05) is 5.75 Å². The van der Waals surface area contributed by atoms with Gasteiger partial charge < -0.3 is 9.84 Å². The molecule has 1 saturated carbocycles. The number of esters is 1. The molecule has 0 aromatic rings. The zero-order chi connectivity index (χ0) is 9.73. The summed E-state index contributed by atoms with van der Waals surface area (Å²) in [5.41, 5.74) is -0.515. The van der Waals surface area contributed by atoms with Gasteiger partial charge in [0.05, 0.1) is 18.5 Å². The van der Waals surface area contributed by atoms with Gasteiger partial charge in [-0.15, -0.1) is 11.8 Å². The van der Waals surface area contributed by atoms with Crippen LogP contribution in [0.3, 0.4) is 0 Å². The van der Waals surface area contributed by atoms with Crippen molar-refractivity contribution in [2.75, 3.05) is 18.6 Å². The molecule has 0 unspecified atom stereocenters. The largest absolute Gasteiger partial charge is 0.468 e. The van der Waals surface area contributed by atoms with Crippen molar-refractivity contribution in [2.24, 2.45) is 0 Å². The molecule has 1 aliphatic rings. The van der Waals surface area contributed by atoms with Gasteiger partial charge in [-0.3, -0.25) is 4.79 Å². The van der Waals surface area contributed by atoms with Gasteiger partial charge in [0.15, 0.2) is 0 Å². The Bertz CT molecular complexity index is 176. The van der Waals surface area contributed by atoms with E-state index in [0.717, 1.165) is 25.7 Å². The molecule has 0 bridgehead atoms. The molecular weight excluding hydrogens is 188 g/mol. The average Bonchev–Trinajstić information content (AvgIpc) is 2.52. The van der Waals surface area contributed by atoms with Gasteiger partial charge >= 0.3 is 5.97 Å². The van der Waals surface area contributed by atoms with E-state index in [2.05, 4.69) is 4.74 Å². The minimum atomic E-state index is -0.515. The van der Waals surface area contributed by atoms with Crippen LogP contribution in [0.4, 0.5) is 0 Å². The maximum atomic E-state index is 10.8. The standard InChI is InChI=1S/C9H16O3S/c1-12-8(10)6-13-7-9(11)4-2-3-5-9/h11H,2-7H2,1H3. The molecule has 0 aliphatic heterocycles. The molecule has 76 valence electrons. The van der Waals surface area contributed by atoms with Crippen molar-refractivity contribution >= 4 is 17.7 Å². The lowest BCUT2D eigenvalue weighted by Gasteiger charge is -2.20.